The second-order valence-electron chi connectivity index (χ2n) is 4.29. The molecule has 0 aromatic carbocycles. The molecule has 1 atom stereocenters. The molecular weight excluding hydrogens is 244 g/mol. The van der Waals surface area contributed by atoms with Crippen LogP contribution in [0.15, 0.2) is 0 Å². The molecule has 1 fully saturated rings. The van der Waals surface area contributed by atoms with E-state index in [0.29, 0.717) is 6.42 Å². The third-order valence-electron chi connectivity index (χ3n) is 3.05. The van der Waals surface area contributed by atoms with E-state index < -0.39 is 16.1 Å². The van der Waals surface area contributed by atoms with Crippen LogP contribution in [-0.2, 0) is 10.0 Å². The molecule has 6 heteroatoms. The molecule has 3 N–H and O–H groups in total. The molecule has 0 radical (unpaired) electrons. The summed E-state index contributed by atoms with van der Waals surface area (Å²) >= 11 is 4.84. The second-order valence-corrected chi connectivity index (χ2v) is 6.75. The topological polar surface area (TPSA) is 72.2 Å². The molecule has 94 valence electrons. The second kappa shape index (κ2) is 5.93. The van der Waals surface area contributed by atoms with Crippen molar-refractivity contribution in [3.05, 3.63) is 0 Å². The molecule has 1 saturated carbocycles. The summed E-state index contributed by atoms with van der Waals surface area (Å²) in [6.45, 7) is 1.87. The van der Waals surface area contributed by atoms with Crippen LogP contribution in [0.1, 0.15) is 45.4 Å². The number of nitrogens with two attached hydrogens (primary N) is 1. The zero-order chi connectivity index (χ0) is 12.2. The average Bonchev–Trinajstić information content (AvgIpc) is 2.27. The van der Waals surface area contributed by atoms with Gasteiger partial charge in [0.2, 0.25) is 10.0 Å². The van der Waals surface area contributed by atoms with E-state index in [9.17, 15) is 8.42 Å². The number of nitrogens with one attached hydrogen (secondary N) is 1. The Hall–Kier alpha value is -0.200. The van der Waals surface area contributed by atoms with Gasteiger partial charge in [0.05, 0.1) is 16.3 Å². The lowest BCUT2D eigenvalue weighted by molar-refractivity contribution is 0.475. The van der Waals surface area contributed by atoms with Crippen molar-refractivity contribution in [3.63, 3.8) is 0 Å². The Morgan fingerprint density at radius 2 is 2.00 bits per heavy atom. The molecule has 0 aromatic rings. The molecule has 0 spiro atoms. The molecule has 1 rings (SSSR count). The lowest BCUT2D eigenvalue weighted by atomic mass is 10.0. The minimum atomic E-state index is -3.26. The number of rotatable bonds is 5. The average molecular weight is 264 g/mol. The molecule has 0 aliphatic heterocycles. The maximum absolute atomic E-state index is 12.0. The van der Waals surface area contributed by atoms with E-state index in [-0.39, 0.29) is 10.2 Å². The molecule has 1 unspecified atom stereocenters. The summed E-state index contributed by atoms with van der Waals surface area (Å²) in [6.07, 6.45) is 5.23. The van der Waals surface area contributed by atoms with E-state index in [4.69, 9.17) is 18.0 Å². The molecule has 1 aliphatic rings. The van der Waals surface area contributed by atoms with Crippen molar-refractivity contribution in [3.8, 4) is 0 Å². The predicted molar refractivity (Wildman–Crippen MR) is 69.8 cm³/mol. The summed E-state index contributed by atoms with van der Waals surface area (Å²) in [5.41, 5.74) is 5.49. The number of hydrogen-bond donors (Lipinski definition) is 2. The van der Waals surface area contributed by atoms with Crippen LogP contribution in [0, 0.1) is 0 Å². The van der Waals surface area contributed by atoms with E-state index in [1.165, 1.54) is 0 Å². The maximum atomic E-state index is 12.0. The summed E-state index contributed by atoms with van der Waals surface area (Å²) in [5.74, 6) is 0. The first kappa shape index (κ1) is 13.9. The molecule has 4 nitrogen and oxygen atoms in total. The van der Waals surface area contributed by atoms with E-state index in [1.807, 2.05) is 6.92 Å². The lowest BCUT2D eigenvalue weighted by Gasteiger charge is -2.24. The van der Waals surface area contributed by atoms with Crippen LogP contribution in [0.5, 0.6) is 0 Å². The van der Waals surface area contributed by atoms with Gasteiger partial charge < -0.3 is 5.73 Å². The zero-order valence-electron chi connectivity index (χ0n) is 9.61. The minimum Gasteiger partial charge on any atom is -0.392 e. The van der Waals surface area contributed by atoms with Crippen molar-refractivity contribution in [2.24, 2.45) is 5.73 Å². The fourth-order valence-electron chi connectivity index (χ4n) is 2.01. The van der Waals surface area contributed by atoms with Crippen LogP contribution in [-0.4, -0.2) is 24.7 Å². The van der Waals surface area contributed by atoms with Crippen molar-refractivity contribution in [2.45, 2.75) is 56.7 Å². The first-order chi connectivity index (χ1) is 7.47. The van der Waals surface area contributed by atoms with Gasteiger partial charge in [-0.05, 0) is 19.3 Å². The van der Waals surface area contributed by atoms with E-state index in [0.717, 1.165) is 32.1 Å². The Balaban J connectivity index is 2.65. The first-order valence-electron chi connectivity index (χ1n) is 5.78. The fourth-order valence-corrected chi connectivity index (χ4v) is 4.15. The normalized spacial score (nSPS) is 20.6. The summed E-state index contributed by atoms with van der Waals surface area (Å²) in [6, 6.07) is -0.401. The molecule has 1 aliphatic carbocycles. The van der Waals surface area contributed by atoms with Gasteiger partial charge in [-0.2, -0.15) is 0 Å². The highest BCUT2D eigenvalue weighted by Gasteiger charge is 2.29. The summed E-state index contributed by atoms with van der Waals surface area (Å²) in [7, 11) is -3.26. The highest BCUT2D eigenvalue weighted by atomic mass is 32.2. The molecule has 0 heterocycles. The predicted octanol–water partition coefficient (Wildman–Crippen LogP) is 1.30. The van der Waals surface area contributed by atoms with Crippen LogP contribution in [0.4, 0.5) is 0 Å². The summed E-state index contributed by atoms with van der Waals surface area (Å²) < 4.78 is 26.7. The van der Waals surface area contributed by atoms with Gasteiger partial charge in [-0.25, -0.2) is 13.1 Å². The zero-order valence-corrected chi connectivity index (χ0v) is 11.2. The van der Waals surface area contributed by atoms with Crippen molar-refractivity contribution >= 4 is 27.2 Å². The van der Waals surface area contributed by atoms with E-state index in [1.54, 1.807) is 0 Å². The molecule has 0 aromatic heterocycles. The van der Waals surface area contributed by atoms with Crippen LogP contribution >= 0.6 is 12.2 Å². The van der Waals surface area contributed by atoms with E-state index in [2.05, 4.69) is 4.72 Å². The largest absolute Gasteiger partial charge is 0.392 e. The van der Waals surface area contributed by atoms with Crippen molar-refractivity contribution in [1.82, 2.24) is 4.72 Å². The van der Waals surface area contributed by atoms with Gasteiger partial charge in [0.15, 0.2) is 0 Å². The fraction of sp³-hybridized carbons (Fsp3) is 0.900. The maximum Gasteiger partial charge on any atom is 0.215 e. The third-order valence-corrected chi connectivity index (χ3v) is 5.30. The Labute approximate surface area is 103 Å². The first-order valence-corrected chi connectivity index (χ1v) is 7.73. The van der Waals surface area contributed by atoms with Gasteiger partial charge in [0.25, 0.3) is 0 Å². The molecule has 0 saturated heterocycles. The van der Waals surface area contributed by atoms with Gasteiger partial charge in [0.1, 0.15) is 0 Å². The Morgan fingerprint density at radius 1 is 1.44 bits per heavy atom. The lowest BCUT2D eigenvalue weighted by Crippen LogP contribution is -2.47. The van der Waals surface area contributed by atoms with Crippen LogP contribution < -0.4 is 10.5 Å². The van der Waals surface area contributed by atoms with Gasteiger partial charge in [0, 0.05) is 0 Å². The Bertz CT molecular complexity index is 335. The molecule has 0 bridgehead atoms. The van der Waals surface area contributed by atoms with Crippen molar-refractivity contribution in [2.75, 3.05) is 0 Å². The van der Waals surface area contributed by atoms with Crippen molar-refractivity contribution in [1.29, 1.82) is 0 Å². The Morgan fingerprint density at radius 3 is 2.44 bits per heavy atom. The number of thiocarbonyl (C=S) groups is 1. The number of hydrogen-bond acceptors (Lipinski definition) is 3. The molecule has 0 amide bonds. The van der Waals surface area contributed by atoms with E-state index >= 15 is 0 Å². The highest BCUT2D eigenvalue weighted by Crippen LogP contribution is 2.23. The van der Waals surface area contributed by atoms with Gasteiger partial charge >= 0.3 is 0 Å². The van der Waals surface area contributed by atoms with Crippen LogP contribution in [0.2, 0.25) is 0 Å². The smallest absolute Gasteiger partial charge is 0.215 e. The number of sulfonamides is 1. The monoisotopic (exact) mass is 264 g/mol. The minimum absolute atomic E-state index is 0.224. The molecule has 16 heavy (non-hydrogen) atoms. The van der Waals surface area contributed by atoms with Crippen LogP contribution in [0.25, 0.3) is 0 Å². The Kier molecular flexibility index (Phi) is 5.14. The van der Waals surface area contributed by atoms with Gasteiger partial charge in [-0.3, -0.25) is 0 Å². The third kappa shape index (κ3) is 3.68. The van der Waals surface area contributed by atoms with Crippen LogP contribution in [0.3, 0.4) is 0 Å². The van der Waals surface area contributed by atoms with Gasteiger partial charge in [-0.15, -0.1) is 0 Å². The molecular formula is C10H20N2O2S2. The van der Waals surface area contributed by atoms with Gasteiger partial charge in [-0.1, -0.05) is 38.4 Å². The van der Waals surface area contributed by atoms with Crippen molar-refractivity contribution < 1.29 is 8.42 Å². The SMILES string of the molecule is CCC(NS(=O)(=O)C1CCCCC1)C(N)=S. The standard InChI is InChI=1S/C10H20N2O2S2/c1-2-9(10(11)15)12-16(13,14)8-6-4-3-5-7-8/h8-9,12H,2-7H2,1H3,(H2,11,15). The summed E-state index contributed by atoms with van der Waals surface area (Å²) in [5, 5.41) is -0.260. The highest BCUT2D eigenvalue weighted by molar-refractivity contribution is 7.90. The quantitative estimate of drug-likeness (QED) is 0.734. The summed E-state index contributed by atoms with van der Waals surface area (Å²) in [4.78, 5) is 0.224.